The lowest BCUT2D eigenvalue weighted by Crippen LogP contribution is -2.30. The average molecular weight is 289 g/mol. The summed E-state index contributed by atoms with van der Waals surface area (Å²) in [6.07, 6.45) is 8.89. The first kappa shape index (κ1) is 14.6. The summed E-state index contributed by atoms with van der Waals surface area (Å²) in [6, 6.07) is 2.48. The molecule has 2 aliphatic rings. The number of hydrogen-bond acceptors (Lipinski definition) is 5. The number of aromatic nitrogens is 2. The van der Waals surface area contributed by atoms with Crippen molar-refractivity contribution in [1.82, 2.24) is 15.3 Å². The Morgan fingerprint density at radius 1 is 1.24 bits per heavy atom. The van der Waals surface area contributed by atoms with Crippen LogP contribution in [0.2, 0.25) is 0 Å². The molecule has 1 aliphatic carbocycles. The monoisotopic (exact) mass is 289 g/mol. The van der Waals surface area contributed by atoms with E-state index >= 15 is 0 Å². The molecule has 1 saturated heterocycles. The van der Waals surface area contributed by atoms with Crippen molar-refractivity contribution in [3.05, 3.63) is 11.9 Å². The first-order valence-corrected chi connectivity index (χ1v) is 8.30. The smallest absolute Gasteiger partial charge is 0.134 e. The minimum absolute atomic E-state index is 0.558. The second kappa shape index (κ2) is 6.60. The Morgan fingerprint density at radius 2 is 2.05 bits per heavy atom. The number of likely N-dealkylation sites (N-methyl/N-ethyl adjacent to an activating group) is 1. The Morgan fingerprint density at radius 3 is 2.76 bits per heavy atom. The minimum atomic E-state index is 0.558. The Kier molecular flexibility index (Phi) is 4.58. The summed E-state index contributed by atoms with van der Waals surface area (Å²) < 4.78 is 0. The van der Waals surface area contributed by atoms with Crippen molar-refractivity contribution in [1.29, 1.82) is 0 Å². The van der Waals surface area contributed by atoms with E-state index in [1.807, 2.05) is 13.1 Å². The summed E-state index contributed by atoms with van der Waals surface area (Å²) in [4.78, 5) is 11.6. The molecule has 116 valence electrons. The zero-order valence-electron chi connectivity index (χ0n) is 13.0. The van der Waals surface area contributed by atoms with E-state index in [1.54, 1.807) is 0 Å². The molecule has 2 fully saturated rings. The van der Waals surface area contributed by atoms with E-state index in [1.165, 1.54) is 38.5 Å². The third kappa shape index (κ3) is 3.64. The van der Waals surface area contributed by atoms with Crippen LogP contribution in [0.4, 0.5) is 11.6 Å². The van der Waals surface area contributed by atoms with Crippen LogP contribution in [0, 0.1) is 5.92 Å². The van der Waals surface area contributed by atoms with Crippen LogP contribution in [0.3, 0.4) is 0 Å². The number of nitrogen functional groups attached to an aromatic ring is 1. The zero-order chi connectivity index (χ0) is 14.7. The SMILES string of the molecule is CN[C@@H]1CCN(c2cc(N)nc(CC3CCCCC3)n2)C1. The highest BCUT2D eigenvalue weighted by atomic mass is 15.2. The molecule has 1 aliphatic heterocycles. The third-order valence-electron chi connectivity index (χ3n) is 4.90. The normalized spacial score (nSPS) is 23.7. The summed E-state index contributed by atoms with van der Waals surface area (Å²) in [5.41, 5.74) is 6.01. The van der Waals surface area contributed by atoms with Crippen molar-refractivity contribution in [2.45, 2.75) is 51.0 Å². The molecule has 0 aromatic carbocycles. The standard InChI is InChI=1S/C16H27N5/c1-18-13-7-8-21(11-13)16-10-14(17)19-15(20-16)9-12-5-3-2-4-6-12/h10,12-13,18H,2-9,11H2,1H3,(H2,17,19,20)/t13-/m1/s1. The van der Waals surface area contributed by atoms with Crippen LogP contribution >= 0.6 is 0 Å². The molecule has 5 nitrogen and oxygen atoms in total. The lowest BCUT2D eigenvalue weighted by molar-refractivity contribution is 0.351. The van der Waals surface area contributed by atoms with Gasteiger partial charge in [0.1, 0.15) is 17.5 Å². The highest BCUT2D eigenvalue weighted by Gasteiger charge is 2.23. The van der Waals surface area contributed by atoms with Gasteiger partial charge in [-0.25, -0.2) is 9.97 Å². The Balaban J connectivity index is 1.70. The molecule has 5 heteroatoms. The second-order valence-electron chi connectivity index (χ2n) is 6.50. The van der Waals surface area contributed by atoms with Crippen molar-refractivity contribution < 1.29 is 0 Å². The summed E-state index contributed by atoms with van der Waals surface area (Å²) in [5.74, 6) is 3.30. The number of nitrogens with one attached hydrogen (secondary N) is 1. The molecule has 0 amide bonds. The van der Waals surface area contributed by atoms with Crippen LogP contribution in [0.1, 0.15) is 44.3 Å². The lowest BCUT2D eigenvalue weighted by Gasteiger charge is -2.22. The highest BCUT2D eigenvalue weighted by Crippen LogP contribution is 2.27. The maximum atomic E-state index is 6.01. The average Bonchev–Trinajstić information content (AvgIpc) is 2.97. The second-order valence-corrected chi connectivity index (χ2v) is 6.50. The van der Waals surface area contributed by atoms with Crippen LogP contribution in [0.15, 0.2) is 6.07 Å². The predicted molar refractivity (Wildman–Crippen MR) is 86.4 cm³/mol. The van der Waals surface area contributed by atoms with Gasteiger partial charge in [0.2, 0.25) is 0 Å². The first-order valence-electron chi connectivity index (χ1n) is 8.30. The van der Waals surface area contributed by atoms with Gasteiger partial charge in [0, 0.05) is 31.6 Å². The minimum Gasteiger partial charge on any atom is -0.384 e. The number of rotatable bonds is 4. The Hall–Kier alpha value is -1.36. The fourth-order valence-electron chi connectivity index (χ4n) is 3.61. The van der Waals surface area contributed by atoms with Crippen molar-refractivity contribution in [3.8, 4) is 0 Å². The Bertz CT molecular complexity index is 470. The molecule has 0 radical (unpaired) electrons. The zero-order valence-corrected chi connectivity index (χ0v) is 13.0. The van der Waals surface area contributed by atoms with Gasteiger partial charge >= 0.3 is 0 Å². The van der Waals surface area contributed by atoms with Crippen LogP contribution in [-0.2, 0) is 6.42 Å². The van der Waals surface area contributed by atoms with E-state index in [-0.39, 0.29) is 0 Å². The Labute approximate surface area is 127 Å². The molecule has 0 bridgehead atoms. The molecule has 3 rings (SSSR count). The van der Waals surface area contributed by atoms with Crippen LogP contribution in [0.25, 0.3) is 0 Å². The predicted octanol–water partition coefficient (Wildman–Crippen LogP) is 1.98. The van der Waals surface area contributed by atoms with Crippen LogP contribution in [-0.4, -0.2) is 36.1 Å². The maximum absolute atomic E-state index is 6.01. The molecule has 1 aromatic rings. The van der Waals surface area contributed by atoms with Crippen molar-refractivity contribution >= 4 is 11.6 Å². The summed E-state index contributed by atoms with van der Waals surface area (Å²) >= 11 is 0. The number of hydrogen-bond donors (Lipinski definition) is 2. The van der Waals surface area contributed by atoms with Gasteiger partial charge in [0.05, 0.1) is 0 Å². The van der Waals surface area contributed by atoms with E-state index < -0.39 is 0 Å². The van der Waals surface area contributed by atoms with Crippen molar-refractivity contribution in [3.63, 3.8) is 0 Å². The van der Waals surface area contributed by atoms with Gasteiger partial charge in [0.25, 0.3) is 0 Å². The van der Waals surface area contributed by atoms with Gasteiger partial charge < -0.3 is 16.0 Å². The molecule has 1 saturated carbocycles. The topological polar surface area (TPSA) is 67.1 Å². The van der Waals surface area contributed by atoms with Gasteiger partial charge in [0.15, 0.2) is 0 Å². The molecule has 21 heavy (non-hydrogen) atoms. The first-order chi connectivity index (χ1) is 10.2. The summed E-state index contributed by atoms with van der Waals surface area (Å²) in [7, 11) is 2.02. The molecule has 0 spiro atoms. The fourth-order valence-corrected chi connectivity index (χ4v) is 3.61. The highest BCUT2D eigenvalue weighted by molar-refractivity contribution is 5.48. The molecule has 1 atom stereocenters. The largest absolute Gasteiger partial charge is 0.384 e. The van der Waals surface area contributed by atoms with Crippen LogP contribution < -0.4 is 16.0 Å². The summed E-state index contributed by atoms with van der Waals surface area (Å²) in [6.45, 7) is 2.06. The van der Waals surface area contributed by atoms with Gasteiger partial charge in [-0.2, -0.15) is 0 Å². The molecule has 2 heterocycles. The van der Waals surface area contributed by atoms with E-state index in [9.17, 15) is 0 Å². The van der Waals surface area contributed by atoms with Crippen molar-refractivity contribution in [2.75, 3.05) is 30.8 Å². The quantitative estimate of drug-likeness (QED) is 0.887. The molecular formula is C16H27N5. The van der Waals surface area contributed by atoms with E-state index in [0.717, 1.165) is 37.1 Å². The van der Waals surface area contributed by atoms with E-state index in [2.05, 4.69) is 15.2 Å². The fraction of sp³-hybridized carbons (Fsp3) is 0.750. The third-order valence-corrected chi connectivity index (χ3v) is 4.90. The molecule has 3 N–H and O–H groups in total. The lowest BCUT2D eigenvalue weighted by atomic mass is 9.87. The molecule has 0 unspecified atom stereocenters. The number of nitrogens with two attached hydrogens (primary N) is 1. The molecular weight excluding hydrogens is 262 g/mol. The maximum Gasteiger partial charge on any atom is 0.134 e. The van der Waals surface area contributed by atoms with Gasteiger partial charge in [-0.3, -0.25) is 0 Å². The van der Waals surface area contributed by atoms with Gasteiger partial charge in [-0.05, 0) is 19.4 Å². The summed E-state index contributed by atoms with van der Waals surface area (Å²) in [5, 5.41) is 3.34. The van der Waals surface area contributed by atoms with E-state index in [0.29, 0.717) is 11.9 Å². The number of nitrogens with zero attached hydrogens (tertiary/aromatic N) is 3. The number of anilines is 2. The van der Waals surface area contributed by atoms with E-state index in [4.69, 9.17) is 10.7 Å². The van der Waals surface area contributed by atoms with Gasteiger partial charge in [-0.15, -0.1) is 0 Å². The molecule has 1 aromatic heterocycles. The van der Waals surface area contributed by atoms with Crippen molar-refractivity contribution in [2.24, 2.45) is 5.92 Å². The van der Waals surface area contributed by atoms with Gasteiger partial charge in [-0.1, -0.05) is 32.1 Å². The van der Waals surface area contributed by atoms with Crippen LogP contribution in [0.5, 0.6) is 0 Å².